The normalized spacial score (nSPS) is 25.3. The van der Waals surface area contributed by atoms with Crippen LogP contribution < -0.4 is 5.32 Å². The standard InChI is InChI=1S/C8H15NO6.4C6H12O6.C6H12O5/c1-3(11)9-5-7(13)6(12)4(2-10)15-8(5)14;4*7-1-3(9)5(11)6(12)4(10)2-8;1-3(8)5(10)6(11)4(9)2-7/h4-8,10,12-14H,2H2,1H3,(H,9,11);4*1,3-6,8-12H,2H2;2-6,8-11H,1H3/t4-,5-,6+,7-,8?;;;;;/m1...../s1. The van der Waals surface area contributed by atoms with Crippen LogP contribution >= 0.6 is 0 Å². The van der Waals surface area contributed by atoms with Crippen LogP contribution in [0.1, 0.15) is 13.8 Å². The maximum absolute atomic E-state index is 10.7. The molecule has 1 rings (SSSR count). The summed E-state index contributed by atoms with van der Waals surface area (Å²) in [6.07, 6.45) is -38.5. The van der Waals surface area contributed by atoms with Crippen LogP contribution in [0.15, 0.2) is 0 Å². The molecule has 0 bridgehead atoms. The van der Waals surface area contributed by atoms with Crippen LogP contribution in [-0.4, -0.2) is 366 Å². The minimum absolute atomic E-state index is 0.0258. The molecule has 36 heteroatoms. The lowest BCUT2D eigenvalue weighted by molar-refractivity contribution is -0.253. The van der Waals surface area contributed by atoms with Gasteiger partial charge in [0.2, 0.25) is 5.91 Å². The molecule has 21 unspecified atom stereocenters. The lowest BCUT2D eigenvalue weighted by atomic mass is 9.97. The second kappa shape index (κ2) is 43.7. The second-order valence-corrected chi connectivity index (χ2v) is 15.2. The predicted octanol–water partition coefficient (Wildman–Crippen LogP) is -18.9. The average molecular weight is 1110 g/mol. The van der Waals surface area contributed by atoms with E-state index in [4.69, 9.17) is 132 Å². The Morgan fingerprint density at radius 3 is 0.824 bits per heavy atom. The van der Waals surface area contributed by atoms with Crippen molar-refractivity contribution in [3.63, 3.8) is 0 Å². The lowest BCUT2D eigenvalue weighted by Gasteiger charge is -2.40. The van der Waals surface area contributed by atoms with E-state index in [0.717, 1.165) is 0 Å². The lowest BCUT2D eigenvalue weighted by Crippen LogP contribution is -2.63. The summed E-state index contributed by atoms with van der Waals surface area (Å²) in [7, 11) is 0. The van der Waals surface area contributed by atoms with Gasteiger partial charge in [0.05, 0.1) is 39.1 Å². The average Bonchev–Trinajstić information content (AvgIpc) is 3.41. The summed E-state index contributed by atoms with van der Waals surface area (Å²) in [5, 5.41) is 249. The van der Waals surface area contributed by atoms with E-state index in [1.165, 1.54) is 13.8 Å². The summed E-state index contributed by atoms with van der Waals surface area (Å²) in [5.41, 5.74) is 0. The van der Waals surface area contributed by atoms with Crippen LogP contribution in [-0.2, 0) is 33.5 Å². The molecule has 0 aromatic rings. The smallest absolute Gasteiger partial charge is 0.217 e. The quantitative estimate of drug-likeness (QED) is 0.0358. The zero-order valence-electron chi connectivity index (χ0n) is 39.2. The number of nitrogens with one attached hydrogen (secondary N) is 1. The van der Waals surface area contributed by atoms with Crippen molar-refractivity contribution in [2.45, 2.75) is 167 Å². The maximum Gasteiger partial charge on any atom is 0.217 e. The number of aliphatic hydroxyl groups is 28. The molecule has 1 aliphatic heterocycles. The van der Waals surface area contributed by atoms with Crippen LogP contribution in [0.25, 0.3) is 0 Å². The van der Waals surface area contributed by atoms with Crippen molar-refractivity contribution in [1.82, 2.24) is 5.32 Å². The van der Waals surface area contributed by atoms with E-state index in [2.05, 4.69) is 5.32 Å². The van der Waals surface area contributed by atoms with Gasteiger partial charge in [-0.2, -0.15) is 0 Å². The molecule has 74 heavy (non-hydrogen) atoms. The maximum atomic E-state index is 10.7. The third-order valence-corrected chi connectivity index (χ3v) is 9.29. The molecule has 0 radical (unpaired) electrons. The van der Waals surface area contributed by atoms with E-state index in [1.807, 2.05) is 0 Å². The highest BCUT2D eigenvalue weighted by atomic mass is 16.6. The van der Waals surface area contributed by atoms with Crippen molar-refractivity contribution < 1.29 is 176 Å². The van der Waals surface area contributed by atoms with Crippen LogP contribution in [0.2, 0.25) is 0 Å². The predicted molar refractivity (Wildman–Crippen MR) is 232 cm³/mol. The van der Waals surface area contributed by atoms with Crippen molar-refractivity contribution in [2.75, 3.05) is 33.0 Å². The summed E-state index contributed by atoms with van der Waals surface area (Å²) in [5.74, 6) is -0.462. The summed E-state index contributed by atoms with van der Waals surface area (Å²) >= 11 is 0. The Morgan fingerprint density at radius 1 is 0.419 bits per heavy atom. The molecule has 1 heterocycles. The second-order valence-electron chi connectivity index (χ2n) is 15.2. The third-order valence-electron chi connectivity index (χ3n) is 9.29. The SMILES string of the molecule is CC(=O)N[C@H]1C(O)O[C@H](CO)[C@H](O)[C@@H]1O.CC(O)C(O)C(O)C(O)C=O.O=CC(O)C(O)C(O)C(O)CO.O=CC(O)C(O)C(O)C(O)CO.O=CC(O)C(O)C(O)C(O)CO.O=CC(O)C(O)C(O)C(O)CO. The number of carbonyl (C=O) groups is 6. The van der Waals surface area contributed by atoms with Crippen LogP contribution in [0.4, 0.5) is 0 Å². The minimum atomic E-state index is -1.79. The first-order valence-electron chi connectivity index (χ1n) is 21.0. The Kier molecular flexibility index (Phi) is 47.0. The number of carbonyl (C=O) groups excluding carboxylic acids is 6. The van der Waals surface area contributed by atoms with Gasteiger partial charge >= 0.3 is 0 Å². The minimum Gasteiger partial charge on any atom is -0.394 e. The van der Waals surface area contributed by atoms with E-state index in [-0.39, 0.29) is 31.4 Å². The molecule has 442 valence electrons. The number of rotatable bonds is 26. The van der Waals surface area contributed by atoms with Gasteiger partial charge in [-0.1, -0.05) is 0 Å². The monoisotopic (exact) mass is 1110 g/mol. The molecule has 1 amide bonds. The topological polar surface area (TPSA) is 690 Å². The van der Waals surface area contributed by atoms with Crippen LogP contribution in [0.3, 0.4) is 0 Å². The number of aliphatic hydroxyl groups excluding tert-OH is 28. The molecular weight excluding hydrogens is 1030 g/mol. The highest BCUT2D eigenvalue weighted by Crippen LogP contribution is 2.19. The van der Waals surface area contributed by atoms with E-state index in [1.54, 1.807) is 0 Å². The number of amides is 1. The van der Waals surface area contributed by atoms with Gasteiger partial charge in [-0.15, -0.1) is 0 Å². The first-order valence-corrected chi connectivity index (χ1v) is 21.0. The molecule has 1 aliphatic rings. The molecule has 0 spiro atoms. The first-order chi connectivity index (χ1) is 34.1. The molecule has 0 aromatic carbocycles. The van der Waals surface area contributed by atoms with E-state index in [0.29, 0.717) is 0 Å². The van der Waals surface area contributed by atoms with Crippen molar-refractivity contribution in [2.24, 2.45) is 0 Å². The zero-order valence-corrected chi connectivity index (χ0v) is 39.2. The molecule has 0 aromatic heterocycles. The van der Waals surface area contributed by atoms with Gasteiger partial charge in [-0.05, 0) is 6.92 Å². The Labute approximate surface area is 418 Å². The fourth-order valence-electron chi connectivity index (χ4n) is 4.53. The molecule has 36 nitrogen and oxygen atoms in total. The number of hydrogen-bond acceptors (Lipinski definition) is 35. The summed E-state index contributed by atoms with van der Waals surface area (Å²) < 4.78 is 4.81. The highest BCUT2D eigenvalue weighted by Gasteiger charge is 2.44. The Hall–Kier alpha value is -3.34. The molecule has 0 saturated carbocycles. The van der Waals surface area contributed by atoms with E-state index < -0.39 is 192 Å². The summed E-state index contributed by atoms with van der Waals surface area (Å²) in [6, 6.07) is -1.10. The Bertz CT molecular complexity index is 1310. The van der Waals surface area contributed by atoms with Crippen molar-refractivity contribution in [1.29, 1.82) is 0 Å². The zero-order chi connectivity index (χ0) is 59.5. The largest absolute Gasteiger partial charge is 0.394 e. The molecule has 29 N–H and O–H groups in total. The number of hydrogen-bond donors (Lipinski definition) is 29. The van der Waals surface area contributed by atoms with Crippen molar-refractivity contribution in [3.8, 4) is 0 Å². The van der Waals surface area contributed by atoms with Gasteiger partial charge in [-0.25, -0.2) is 0 Å². The van der Waals surface area contributed by atoms with Gasteiger partial charge in [0.1, 0.15) is 140 Å². The van der Waals surface area contributed by atoms with Gasteiger partial charge in [0.15, 0.2) is 37.7 Å². The van der Waals surface area contributed by atoms with Gasteiger partial charge in [0, 0.05) is 6.92 Å². The van der Waals surface area contributed by atoms with E-state index >= 15 is 0 Å². The Balaban J connectivity index is -0.000000258. The third kappa shape index (κ3) is 31.0. The van der Waals surface area contributed by atoms with Gasteiger partial charge < -0.3 is 177 Å². The van der Waals surface area contributed by atoms with Crippen LogP contribution in [0.5, 0.6) is 0 Å². The molecule has 1 saturated heterocycles. The first kappa shape index (κ1) is 79.5. The molecule has 25 atom stereocenters. The fraction of sp³-hybridized carbons (Fsp3) is 0.842. The molecule has 0 aliphatic carbocycles. The molecule has 1 fully saturated rings. The summed E-state index contributed by atoms with van der Waals surface area (Å²) in [6.45, 7) is -1.11. The van der Waals surface area contributed by atoms with Crippen molar-refractivity contribution >= 4 is 37.3 Å². The number of aldehydes is 5. The van der Waals surface area contributed by atoms with Crippen molar-refractivity contribution in [3.05, 3.63) is 0 Å². The van der Waals surface area contributed by atoms with Crippen LogP contribution in [0, 0.1) is 0 Å². The molecular formula is C38H75NO35. The number of ether oxygens (including phenoxy) is 1. The van der Waals surface area contributed by atoms with Gasteiger partial charge in [-0.3, -0.25) is 4.79 Å². The van der Waals surface area contributed by atoms with Gasteiger partial charge in [0.25, 0.3) is 0 Å². The van der Waals surface area contributed by atoms with E-state index in [9.17, 15) is 44.1 Å². The Morgan fingerprint density at radius 2 is 0.649 bits per heavy atom. The highest BCUT2D eigenvalue weighted by molar-refractivity contribution is 5.73. The summed E-state index contributed by atoms with van der Waals surface area (Å²) in [4.78, 5) is 60.2. The fourth-order valence-corrected chi connectivity index (χ4v) is 4.53.